The van der Waals surface area contributed by atoms with Crippen LogP contribution in [0.4, 0.5) is 0 Å². The standard InChI is InChI=1S/C16H25N3O4S/c1-18-4-6-19(7-5-18)14-11(23-12(10-20)15(14)21)9-17-16(22)13-3-2-8-24-13/h2-3,8,11-12,14-15,20-21H,4-7,9-10H2,1H3,(H,17,22)/t11-,12+,14+,15-/m1/s1. The minimum atomic E-state index is -0.748. The third-order valence-corrected chi connectivity index (χ3v) is 5.68. The number of rotatable bonds is 5. The van der Waals surface area contributed by atoms with E-state index >= 15 is 0 Å². The highest BCUT2D eigenvalue weighted by molar-refractivity contribution is 7.12. The average molecular weight is 355 g/mol. The summed E-state index contributed by atoms with van der Waals surface area (Å²) in [5, 5.41) is 24.7. The van der Waals surface area contributed by atoms with E-state index in [1.165, 1.54) is 11.3 Å². The Morgan fingerprint density at radius 2 is 2.12 bits per heavy atom. The Morgan fingerprint density at radius 1 is 1.38 bits per heavy atom. The molecule has 2 aliphatic rings. The Morgan fingerprint density at radius 3 is 2.75 bits per heavy atom. The highest BCUT2D eigenvalue weighted by Crippen LogP contribution is 2.26. The molecule has 1 aromatic heterocycles. The largest absolute Gasteiger partial charge is 0.394 e. The SMILES string of the molecule is CN1CCN([C@@H]2[C@H](O)[C@H](CO)O[C@@H]2CNC(=O)c2cccs2)CC1. The minimum Gasteiger partial charge on any atom is -0.394 e. The molecule has 3 rings (SSSR count). The van der Waals surface area contributed by atoms with Gasteiger partial charge in [-0.25, -0.2) is 0 Å². The van der Waals surface area contributed by atoms with Gasteiger partial charge in [-0.2, -0.15) is 0 Å². The molecule has 1 aromatic rings. The quantitative estimate of drug-likeness (QED) is 0.642. The van der Waals surface area contributed by atoms with Gasteiger partial charge in [0.25, 0.3) is 5.91 Å². The van der Waals surface area contributed by atoms with Gasteiger partial charge in [0.05, 0.1) is 23.6 Å². The summed E-state index contributed by atoms with van der Waals surface area (Å²) in [5.41, 5.74) is 0. The first-order chi connectivity index (χ1) is 11.6. The molecular formula is C16H25N3O4S. The molecule has 3 N–H and O–H groups in total. The van der Waals surface area contributed by atoms with Gasteiger partial charge in [0.2, 0.25) is 0 Å². The number of amides is 1. The number of thiophene rings is 1. The van der Waals surface area contributed by atoms with Gasteiger partial charge >= 0.3 is 0 Å². The van der Waals surface area contributed by atoms with Crippen LogP contribution in [0.3, 0.4) is 0 Å². The zero-order chi connectivity index (χ0) is 17.1. The fourth-order valence-corrected chi connectivity index (χ4v) is 4.04. The maximum Gasteiger partial charge on any atom is 0.261 e. The Labute approximate surface area is 145 Å². The van der Waals surface area contributed by atoms with E-state index in [1.807, 2.05) is 11.4 Å². The van der Waals surface area contributed by atoms with Crippen LogP contribution in [-0.2, 0) is 4.74 Å². The van der Waals surface area contributed by atoms with Crippen molar-refractivity contribution in [2.24, 2.45) is 0 Å². The molecule has 8 heteroatoms. The predicted octanol–water partition coefficient (Wildman–Crippen LogP) is -0.785. The molecule has 2 saturated heterocycles. The maximum atomic E-state index is 12.1. The van der Waals surface area contributed by atoms with Gasteiger partial charge in [0.15, 0.2) is 0 Å². The Hall–Kier alpha value is -1.03. The fourth-order valence-electron chi connectivity index (χ4n) is 3.40. The molecule has 0 aromatic carbocycles. The van der Waals surface area contributed by atoms with Gasteiger partial charge < -0.3 is 25.2 Å². The molecule has 134 valence electrons. The maximum absolute atomic E-state index is 12.1. The highest BCUT2D eigenvalue weighted by atomic mass is 32.1. The molecule has 0 unspecified atom stereocenters. The second kappa shape index (κ2) is 7.90. The van der Waals surface area contributed by atoms with Crippen molar-refractivity contribution in [3.8, 4) is 0 Å². The lowest BCUT2D eigenvalue weighted by molar-refractivity contribution is -0.0209. The number of piperazine rings is 1. The summed E-state index contributed by atoms with van der Waals surface area (Å²) in [5.74, 6) is -0.132. The third kappa shape index (κ3) is 3.79. The molecule has 0 bridgehead atoms. The molecule has 2 aliphatic heterocycles. The molecule has 4 atom stereocenters. The number of nitrogens with zero attached hydrogens (tertiary/aromatic N) is 2. The number of ether oxygens (including phenoxy) is 1. The topological polar surface area (TPSA) is 85.3 Å². The summed E-state index contributed by atoms with van der Waals surface area (Å²) in [4.78, 5) is 17.2. The molecule has 0 aliphatic carbocycles. The van der Waals surface area contributed by atoms with E-state index < -0.39 is 12.2 Å². The molecule has 2 fully saturated rings. The molecule has 24 heavy (non-hydrogen) atoms. The zero-order valence-corrected chi connectivity index (χ0v) is 14.6. The molecule has 7 nitrogen and oxygen atoms in total. The molecule has 0 radical (unpaired) electrons. The van der Waals surface area contributed by atoms with Crippen molar-refractivity contribution in [1.82, 2.24) is 15.1 Å². The number of carbonyl (C=O) groups is 1. The first kappa shape index (κ1) is 17.8. The van der Waals surface area contributed by atoms with Crippen molar-refractivity contribution in [2.75, 3.05) is 46.4 Å². The van der Waals surface area contributed by atoms with Crippen LogP contribution in [0.15, 0.2) is 17.5 Å². The van der Waals surface area contributed by atoms with Crippen LogP contribution in [0, 0.1) is 0 Å². The smallest absolute Gasteiger partial charge is 0.261 e. The summed E-state index contributed by atoms with van der Waals surface area (Å²) in [6.07, 6.45) is -1.68. The second-order valence-corrected chi connectivity index (χ2v) is 7.35. The second-order valence-electron chi connectivity index (χ2n) is 6.40. The number of aliphatic hydroxyl groups excluding tert-OH is 2. The van der Waals surface area contributed by atoms with E-state index in [0.29, 0.717) is 11.4 Å². The summed E-state index contributed by atoms with van der Waals surface area (Å²) in [6, 6.07) is 3.41. The van der Waals surface area contributed by atoms with Gasteiger partial charge in [-0.05, 0) is 18.5 Å². The molecular weight excluding hydrogens is 330 g/mol. The summed E-state index contributed by atoms with van der Waals surface area (Å²) in [6.45, 7) is 3.65. The predicted molar refractivity (Wildman–Crippen MR) is 91.3 cm³/mol. The highest BCUT2D eigenvalue weighted by Gasteiger charge is 2.46. The summed E-state index contributed by atoms with van der Waals surface area (Å²) in [7, 11) is 2.08. The molecule has 3 heterocycles. The van der Waals surface area contributed by atoms with Crippen LogP contribution in [0.5, 0.6) is 0 Å². The van der Waals surface area contributed by atoms with Crippen molar-refractivity contribution in [1.29, 1.82) is 0 Å². The first-order valence-corrected chi connectivity index (χ1v) is 9.17. The van der Waals surface area contributed by atoms with Crippen molar-refractivity contribution < 1.29 is 19.7 Å². The average Bonchev–Trinajstić information content (AvgIpc) is 3.22. The third-order valence-electron chi connectivity index (χ3n) is 4.81. The van der Waals surface area contributed by atoms with E-state index in [0.717, 1.165) is 26.2 Å². The van der Waals surface area contributed by atoms with Gasteiger partial charge in [0.1, 0.15) is 12.2 Å². The van der Waals surface area contributed by atoms with Crippen LogP contribution in [-0.4, -0.2) is 96.7 Å². The molecule has 0 saturated carbocycles. The van der Waals surface area contributed by atoms with Gasteiger partial charge in [-0.15, -0.1) is 11.3 Å². The number of hydrogen-bond acceptors (Lipinski definition) is 7. The molecule has 0 spiro atoms. The van der Waals surface area contributed by atoms with Crippen LogP contribution in [0.25, 0.3) is 0 Å². The van der Waals surface area contributed by atoms with Crippen LogP contribution >= 0.6 is 11.3 Å². The number of hydrogen-bond donors (Lipinski definition) is 3. The van der Waals surface area contributed by atoms with Crippen LogP contribution in [0.1, 0.15) is 9.67 Å². The zero-order valence-electron chi connectivity index (χ0n) is 13.8. The number of aliphatic hydroxyl groups is 2. The van der Waals surface area contributed by atoms with Crippen molar-refractivity contribution in [2.45, 2.75) is 24.4 Å². The Balaban J connectivity index is 1.63. The lowest BCUT2D eigenvalue weighted by Crippen LogP contribution is -2.56. The number of carbonyl (C=O) groups excluding carboxylic acids is 1. The van der Waals surface area contributed by atoms with E-state index in [2.05, 4.69) is 22.2 Å². The lowest BCUT2D eigenvalue weighted by atomic mass is 10.0. The summed E-state index contributed by atoms with van der Waals surface area (Å²) >= 11 is 1.39. The van der Waals surface area contributed by atoms with Crippen molar-refractivity contribution >= 4 is 17.2 Å². The van der Waals surface area contributed by atoms with Gasteiger partial charge in [0, 0.05) is 32.7 Å². The van der Waals surface area contributed by atoms with Crippen LogP contribution in [0.2, 0.25) is 0 Å². The van der Waals surface area contributed by atoms with E-state index in [9.17, 15) is 15.0 Å². The molecule has 1 amide bonds. The van der Waals surface area contributed by atoms with Gasteiger partial charge in [-0.1, -0.05) is 6.07 Å². The fraction of sp³-hybridized carbons (Fsp3) is 0.688. The lowest BCUT2D eigenvalue weighted by Gasteiger charge is -2.39. The van der Waals surface area contributed by atoms with E-state index in [4.69, 9.17) is 4.74 Å². The Kier molecular flexibility index (Phi) is 5.85. The van der Waals surface area contributed by atoms with Crippen LogP contribution < -0.4 is 5.32 Å². The van der Waals surface area contributed by atoms with Crippen molar-refractivity contribution in [3.05, 3.63) is 22.4 Å². The van der Waals surface area contributed by atoms with Gasteiger partial charge in [-0.3, -0.25) is 9.69 Å². The van der Waals surface area contributed by atoms with E-state index in [1.54, 1.807) is 6.07 Å². The first-order valence-electron chi connectivity index (χ1n) is 8.29. The minimum absolute atomic E-state index is 0.132. The monoisotopic (exact) mass is 355 g/mol. The summed E-state index contributed by atoms with van der Waals surface area (Å²) < 4.78 is 5.82. The number of nitrogens with one attached hydrogen (secondary N) is 1. The van der Waals surface area contributed by atoms with Crippen molar-refractivity contribution in [3.63, 3.8) is 0 Å². The number of likely N-dealkylation sites (N-methyl/N-ethyl adjacent to an activating group) is 1. The Bertz CT molecular complexity index is 533. The van der Waals surface area contributed by atoms with E-state index in [-0.39, 0.29) is 24.7 Å². The normalized spacial score (nSPS) is 32.1.